The molecule has 1 aliphatic heterocycles. The van der Waals surface area contributed by atoms with E-state index < -0.39 is 10.0 Å². The zero-order valence-corrected chi connectivity index (χ0v) is 9.33. The van der Waals surface area contributed by atoms with Gasteiger partial charge in [0.25, 0.3) is 0 Å². The average Bonchev–Trinajstić information content (AvgIpc) is 2.75. The largest absolute Gasteiger partial charge is 0.330 e. The predicted octanol–water partition coefficient (Wildman–Crippen LogP) is 0.00520. The topological polar surface area (TPSA) is 63.4 Å². The van der Waals surface area contributed by atoms with Crippen molar-refractivity contribution in [1.82, 2.24) is 4.31 Å². The van der Waals surface area contributed by atoms with Gasteiger partial charge < -0.3 is 5.73 Å². The Morgan fingerprint density at radius 2 is 2.07 bits per heavy atom. The van der Waals surface area contributed by atoms with Crippen LogP contribution >= 0.6 is 0 Å². The van der Waals surface area contributed by atoms with Gasteiger partial charge in [-0.1, -0.05) is 0 Å². The second-order valence-corrected chi connectivity index (χ2v) is 6.40. The van der Waals surface area contributed by atoms with E-state index in [2.05, 4.69) is 0 Å². The van der Waals surface area contributed by atoms with E-state index >= 15 is 0 Å². The van der Waals surface area contributed by atoms with E-state index in [9.17, 15) is 8.42 Å². The molecular formula is C9H18N2O2S. The fourth-order valence-corrected chi connectivity index (χ4v) is 3.60. The first-order valence-electron chi connectivity index (χ1n) is 5.21. The fraction of sp³-hybridized carbons (Fsp3) is 1.00. The second kappa shape index (κ2) is 3.47. The highest BCUT2D eigenvalue weighted by Gasteiger charge is 2.45. The molecule has 0 amide bonds. The van der Waals surface area contributed by atoms with Crippen LogP contribution in [0.25, 0.3) is 0 Å². The summed E-state index contributed by atoms with van der Waals surface area (Å²) in [5.41, 5.74) is 5.71. The molecule has 2 fully saturated rings. The van der Waals surface area contributed by atoms with E-state index in [-0.39, 0.29) is 6.04 Å². The van der Waals surface area contributed by atoms with Crippen LogP contribution < -0.4 is 5.73 Å². The third kappa shape index (κ3) is 1.81. The maximum Gasteiger partial charge on any atom is 0.211 e. The van der Waals surface area contributed by atoms with Gasteiger partial charge in [-0.15, -0.1) is 0 Å². The van der Waals surface area contributed by atoms with Crippen molar-refractivity contribution in [3.8, 4) is 0 Å². The molecule has 2 N–H and O–H groups in total. The van der Waals surface area contributed by atoms with Crippen molar-refractivity contribution < 1.29 is 8.42 Å². The molecule has 1 aliphatic carbocycles. The van der Waals surface area contributed by atoms with Crippen LogP contribution in [0, 0.1) is 11.8 Å². The summed E-state index contributed by atoms with van der Waals surface area (Å²) in [5.74, 6) is 1.09. The first kappa shape index (κ1) is 10.4. The zero-order chi connectivity index (χ0) is 10.3. The van der Waals surface area contributed by atoms with E-state index in [0.29, 0.717) is 24.9 Å². The summed E-state index contributed by atoms with van der Waals surface area (Å²) in [6, 6.07) is 0.197. The minimum Gasteiger partial charge on any atom is -0.330 e. The van der Waals surface area contributed by atoms with Gasteiger partial charge in [0.15, 0.2) is 0 Å². The second-order valence-electron chi connectivity index (χ2n) is 4.47. The molecule has 2 rings (SSSR count). The summed E-state index contributed by atoms with van der Waals surface area (Å²) in [4.78, 5) is 0. The predicted molar refractivity (Wildman–Crippen MR) is 55.2 cm³/mol. The summed E-state index contributed by atoms with van der Waals surface area (Å²) in [7, 11) is -3.00. The lowest BCUT2D eigenvalue weighted by Crippen LogP contribution is -2.56. The molecule has 2 unspecified atom stereocenters. The molecule has 0 aromatic heterocycles. The van der Waals surface area contributed by atoms with Crippen LogP contribution in [0.2, 0.25) is 0 Å². The molecule has 0 bridgehead atoms. The Morgan fingerprint density at radius 3 is 2.36 bits per heavy atom. The van der Waals surface area contributed by atoms with Gasteiger partial charge in [-0.3, -0.25) is 0 Å². The summed E-state index contributed by atoms with van der Waals surface area (Å²) < 4.78 is 24.4. The van der Waals surface area contributed by atoms with Gasteiger partial charge in [0, 0.05) is 12.6 Å². The summed E-state index contributed by atoms with van der Waals surface area (Å²) in [6.45, 7) is 1.31. The maximum absolute atomic E-state index is 11.4. The molecule has 0 radical (unpaired) electrons. The summed E-state index contributed by atoms with van der Waals surface area (Å²) in [6.07, 6.45) is 4.75. The van der Waals surface area contributed by atoms with E-state index in [0.717, 1.165) is 6.42 Å². The number of nitrogens with two attached hydrogens (primary N) is 1. The minimum absolute atomic E-state index is 0.197. The Bertz CT molecular complexity index is 311. The fourth-order valence-electron chi connectivity index (χ4n) is 2.41. The van der Waals surface area contributed by atoms with Crippen LogP contribution in [0.3, 0.4) is 0 Å². The van der Waals surface area contributed by atoms with E-state index in [4.69, 9.17) is 5.73 Å². The average molecular weight is 218 g/mol. The zero-order valence-electron chi connectivity index (χ0n) is 8.52. The molecule has 0 aromatic carbocycles. The van der Waals surface area contributed by atoms with Crippen LogP contribution in [0.15, 0.2) is 0 Å². The lowest BCUT2D eigenvalue weighted by molar-refractivity contribution is 0.125. The minimum atomic E-state index is -3.00. The van der Waals surface area contributed by atoms with Gasteiger partial charge in [-0.25, -0.2) is 8.42 Å². The van der Waals surface area contributed by atoms with Crippen molar-refractivity contribution in [2.75, 3.05) is 19.3 Å². The molecule has 1 saturated heterocycles. The third-order valence-corrected chi connectivity index (χ3v) is 4.74. The van der Waals surface area contributed by atoms with Crippen molar-refractivity contribution in [2.45, 2.75) is 25.3 Å². The summed E-state index contributed by atoms with van der Waals surface area (Å²) in [5, 5.41) is 0. The van der Waals surface area contributed by atoms with Crippen molar-refractivity contribution in [1.29, 1.82) is 0 Å². The molecule has 0 spiro atoms. The van der Waals surface area contributed by atoms with Crippen molar-refractivity contribution in [2.24, 2.45) is 17.6 Å². The standard InChI is InChI=1S/C9H18N2O2S/c1-14(12,13)11-5-4-9(11)8(6-10)7-2-3-7/h7-9H,2-6,10H2,1H3. The molecule has 14 heavy (non-hydrogen) atoms. The lowest BCUT2D eigenvalue weighted by atomic mass is 9.88. The monoisotopic (exact) mass is 218 g/mol. The Labute approximate surface area is 85.5 Å². The first-order chi connectivity index (χ1) is 6.54. The highest BCUT2D eigenvalue weighted by atomic mass is 32.2. The van der Waals surface area contributed by atoms with Crippen LogP contribution in [0.5, 0.6) is 0 Å². The Kier molecular flexibility index (Phi) is 2.57. The van der Waals surface area contributed by atoms with Crippen molar-refractivity contribution in [3.63, 3.8) is 0 Å². The highest BCUT2D eigenvalue weighted by molar-refractivity contribution is 7.88. The van der Waals surface area contributed by atoms with E-state index in [1.165, 1.54) is 19.1 Å². The summed E-state index contributed by atoms with van der Waals surface area (Å²) >= 11 is 0. The van der Waals surface area contributed by atoms with Crippen LogP contribution in [0.1, 0.15) is 19.3 Å². The molecule has 2 aliphatic rings. The molecule has 5 heteroatoms. The van der Waals surface area contributed by atoms with Gasteiger partial charge in [0.05, 0.1) is 6.26 Å². The van der Waals surface area contributed by atoms with Crippen LogP contribution in [0.4, 0.5) is 0 Å². The highest BCUT2D eigenvalue weighted by Crippen LogP contribution is 2.42. The smallest absolute Gasteiger partial charge is 0.211 e. The van der Waals surface area contributed by atoms with Gasteiger partial charge in [-0.2, -0.15) is 4.31 Å². The number of rotatable bonds is 4. The van der Waals surface area contributed by atoms with Gasteiger partial charge in [-0.05, 0) is 37.6 Å². The Morgan fingerprint density at radius 1 is 1.43 bits per heavy atom. The van der Waals surface area contributed by atoms with E-state index in [1.807, 2.05) is 0 Å². The number of hydrogen-bond donors (Lipinski definition) is 1. The molecule has 2 atom stereocenters. The SMILES string of the molecule is CS(=O)(=O)N1CCC1C(CN)C1CC1. The Hall–Kier alpha value is -0.130. The first-order valence-corrected chi connectivity index (χ1v) is 7.05. The van der Waals surface area contributed by atoms with E-state index in [1.54, 1.807) is 4.31 Å². The van der Waals surface area contributed by atoms with Gasteiger partial charge >= 0.3 is 0 Å². The normalized spacial score (nSPS) is 31.1. The third-order valence-electron chi connectivity index (χ3n) is 3.44. The molecule has 1 heterocycles. The maximum atomic E-state index is 11.4. The van der Waals surface area contributed by atoms with Crippen molar-refractivity contribution in [3.05, 3.63) is 0 Å². The number of sulfonamides is 1. The molecule has 4 nitrogen and oxygen atoms in total. The number of nitrogens with zero attached hydrogens (tertiary/aromatic N) is 1. The lowest BCUT2D eigenvalue weighted by Gasteiger charge is -2.43. The quantitative estimate of drug-likeness (QED) is 0.722. The van der Waals surface area contributed by atoms with Crippen LogP contribution in [-0.4, -0.2) is 38.1 Å². The molecular weight excluding hydrogens is 200 g/mol. The molecule has 1 saturated carbocycles. The van der Waals surface area contributed by atoms with Crippen molar-refractivity contribution >= 4 is 10.0 Å². The molecule has 82 valence electrons. The number of hydrogen-bond acceptors (Lipinski definition) is 3. The van der Waals surface area contributed by atoms with Crippen LogP contribution in [-0.2, 0) is 10.0 Å². The molecule has 0 aromatic rings. The van der Waals surface area contributed by atoms with Gasteiger partial charge in [0.1, 0.15) is 0 Å². The van der Waals surface area contributed by atoms with Gasteiger partial charge in [0.2, 0.25) is 10.0 Å². The Balaban J connectivity index is 2.04.